The molecule has 0 bridgehead atoms. The van der Waals surface area contributed by atoms with Crippen LogP contribution in [0, 0.1) is 8.99 Å². The van der Waals surface area contributed by atoms with Crippen LogP contribution in [0.15, 0.2) is 24.3 Å². The van der Waals surface area contributed by atoms with E-state index in [9.17, 15) is 4.79 Å². The first-order valence-electron chi connectivity index (χ1n) is 6.44. The van der Waals surface area contributed by atoms with Gasteiger partial charge < -0.3 is 10.2 Å². The number of carbonyl (C=O) groups is 1. The van der Waals surface area contributed by atoms with Crippen LogP contribution in [0.4, 0.5) is 0 Å². The van der Waals surface area contributed by atoms with Gasteiger partial charge in [0, 0.05) is 34.2 Å². The largest absolute Gasteiger partial charge is 0.338 e. The third-order valence-electron chi connectivity index (χ3n) is 4.15. The minimum atomic E-state index is 0.190. The Kier molecular flexibility index (Phi) is 3.32. The number of likely N-dealkylation sites (tertiary alicyclic amines) is 1. The molecule has 2 aliphatic heterocycles. The van der Waals surface area contributed by atoms with E-state index in [4.69, 9.17) is 0 Å². The zero-order valence-corrected chi connectivity index (χ0v) is 12.4. The van der Waals surface area contributed by atoms with Gasteiger partial charge >= 0.3 is 0 Å². The van der Waals surface area contributed by atoms with Gasteiger partial charge in [-0.3, -0.25) is 4.79 Å². The predicted molar refractivity (Wildman–Crippen MR) is 79.6 cm³/mol. The molecule has 1 amide bonds. The molecule has 1 spiro atoms. The van der Waals surface area contributed by atoms with Gasteiger partial charge in [0.1, 0.15) is 0 Å². The van der Waals surface area contributed by atoms with Crippen molar-refractivity contribution in [2.75, 3.05) is 26.2 Å². The molecule has 2 heterocycles. The Labute approximate surface area is 121 Å². The van der Waals surface area contributed by atoms with Crippen LogP contribution in [-0.2, 0) is 0 Å². The zero-order valence-electron chi connectivity index (χ0n) is 10.3. The van der Waals surface area contributed by atoms with E-state index in [1.165, 1.54) is 9.99 Å². The van der Waals surface area contributed by atoms with Crippen LogP contribution < -0.4 is 5.32 Å². The monoisotopic (exact) mass is 356 g/mol. The number of halogens is 1. The molecule has 1 atom stereocenters. The first kappa shape index (κ1) is 12.4. The van der Waals surface area contributed by atoms with Crippen LogP contribution in [0.1, 0.15) is 23.2 Å². The van der Waals surface area contributed by atoms with E-state index >= 15 is 0 Å². The Morgan fingerprint density at radius 1 is 1.28 bits per heavy atom. The highest BCUT2D eigenvalue weighted by molar-refractivity contribution is 14.1. The second-order valence-electron chi connectivity index (χ2n) is 5.41. The van der Waals surface area contributed by atoms with Gasteiger partial charge in [0.05, 0.1) is 0 Å². The van der Waals surface area contributed by atoms with Crippen molar-refractivity contribution < 1.29 is 4.79 Å². The maximum Gasteiger partial charge on any atom is 0.253 e. The molecule has 4 heteroatoms. The Balaban J connectivity index is 1.72. The minimum Gasteiger partial charge on any atom is -0.338 e. The van der Waals surface area contributed by atoms with Crippen LogP contribution in [0.3, 0.4) is 0 Å². The van der Waals surface area contributed by atoms with Crippen molar-refractivity contribution >= 4 is 28.5 Å². The van der Waals surface area contributed by atoms with Gasteiger partial charge in [-0.15, -0.1) is 0 Å². The standard InChI is InChI=1S/C14H17IN2O/c15-12-3-1-11(2-4-12)13(18)17-8-6-14(10-17)5-7-16-9-14/h1-4,16H,5-10H2. The smallest absolute Gasteiger partial charge is 0.253 e. The number of amides is 1. The first-order valence-corrected chi connectivity index (χ1v) is 7.52. The van der Waals surface area contributed by atoms with Crippen molar-refractivity contribution in [2.24, 2.45) is 5.41 Å². The summed E-state index contributed by atoms with van der Waals surface area (Å²) in [5.74, 6) is 0.190. The predicted octanol–water partition coefficient (Wildman–Crippen LogP) is 2.12. The number of nitrogens with zero attached hydrogens (tertiary/aromatic N) is 1. The quantitative estimate of drug-likeness (QED) is 0.782. The number of rotatable bonds is 1. The van der Waals surface area contributed by atoms with Gasteiger partial charge in [-0.2, -0.15) is 0 Å². The molecule has 3 rings (SSSR count). The molecule has 3 nitrogen and oxygen atoms in total. The molecule has 1 unspecified atom stereocenters. The van der Waals surface area contributed by atoms with Crippen LogP contribution in [0.25, 0.3) is 0 Å². The topological polar surface area (TPSA) is 32.3 Å². The summed E-state index contributed by atoms with van der Waals surface area (Å²) in [4.78, 5) is 14.4. The lowest BCUT2D eigenvalue weighted by Crippen LogP contribution is -2.33. The van der Waals surface area contributed by atoms with Crippen LogP contribution >= 0.6 is 22.6 Å². The molecule has 96 valence electrons. The van der Waals surface area contributed by atoms with E-state index in [-0.39, 0.29) is 5.91 Å². The number of carbonyl (C=O) groups excluding carboxylic acids is 1. The highest BCUT2D eigenvalue weighted by Gasteiger charge is 2.41. The summed E-state index contributed by atoms with van der Waals surface area (Å²) in [6.07, 6.45) is 2.36. The van der Waals surface area contributed by atoms with Crippen molar-refractivity contribution in [3.8, 4) is 0 Å². The normalized spacial score (nSPS) is 27.1. The number of nitrogens with one attached hydrogen (secondary N) is 1. The van der Waals surface area contributed by atoms with Crippen LogP contribution in [-0.4, -0.2) is 37.0 Å². The number of hydrogen-bond acceptors (Lipinski definition) is 2. The summed E-state index contributed by atoms with van der Waals surface area (Å²) >= 11 is 2.26. The minimum absolute atomic E-state index is 0.190. The molecule has 0 saturated carbocycles. The lowest BCUT2D eigenvalue weighted by atomic mass is 9.86. The van der Waals surface area contributed by atoms with Crippen molar-refractivity contribution in [3.05, 3.63) is 33.4 Å². The SMILES string of the molecule is O=C(c1ccc(I)cc1)N1CCC2(CCNC2)C1. The van der Waals surface area contributed by atoms with E-state index in [1.54, 1.807) is 0 Å². The average molecular weight is 356 g/mol. The third-order valence-corrected chi connectivity index (χ3v) is 4.87. The number of benzene rings is 1. The molecule has 1 aromatic carbocycles. The Hall–Kier alpha value is -0.620. The molecule has 18 heavy (non-hydrogen) atoms. The molecular formula is C14H17IN2O. The van der Waals surface area contributed by atoms with Crippen molar-refractivity contribution in [1.29, 1.82) is 0 Å². The van der Waals surface area contributed by atoms with Crippen molar-refractivity contribution in [2.45, 2.75) is 12.8 Å². The van der Waals surface area contributed by atoms with E-state index in [0.29, 0.717) is 5.41 Å². The first-order chi connectivity index (χ1) is 8.69. The summed E-state index contributed by atoms with van der Waals surface area (Å²) in [7, 11) is 0. The molecule has 2 aliphatic rings. The molecule has 0 aliphatic carbocycles. The van der Waals surface area contributed by atoms with E-state index in [0.717, 1.165) is 38.2 Å². The summed E-state index contributed by atoms with van der Waals surface area (Å²) < 4.78 is 1.17. The molecule has 0 radical (unpaired) electrons. The third kappa shape index (κ3) is 2.28. The lowest BCUT2D eigenvalue weighted by Gasteiger charge is -2.22. The zero-order chi connectivity index (χ0) is 12.6. The molecule has 2 saturated heterocycles. The highest BCUT2D eigenvalue weighted by Crippen LogP contribution is 2.36. The Morgan fingerprint density at radius 3 is 2.72 bits per heavy atom. The summed E-state index contributed by atoms with van der Waals surface area (Å²) in [6, 6.07) is 7.86. The molecule has 1 aromatic rings. The molecular weight excluding hydrogens is 339 g/mol. The average Bonchev–Trinajstić information content (AvgIpc) is 3.01. The van der Waals surface area contributed by atoms with Gasteiger partial charge in [-0.05, 0) is 66.2 Å². The van der Waals surface area contributed by atoms with E-state index < -0.39 is 0 Å². The Bertz CT molecular complexity index is 451. The highest BCUT2D eigenvalue weighted by atomic mass is 127. The molecule has 0 aromatic heterocycles. The fourth-order valence-electron chi connectivity index (χ4n) is 3.03. The van der Waals surface area contributed by atoms with Gasteiger partial charge in [0.2, 0.25) is 0 Å². The van der Waals surface area contributed by atoms with Gasteiger partial charge in [0.15, 0.2) is 0 Å². The fourth-order valence-corrected chi connectivity index (χ4v) is 3.39. The van der Waals surface area contributed by atoms with Gasteiger partial charge in [-0.1, -0.05) is 0 Å². The summed E-state index contributed by atoms with van der Waals surface area (Å²) in [5.41, 5.74) is 1.18. The lowest BCUT2D eigenvalue weighted by molar-refractivity contribution is 0.0775. The summed E-state index contributed by atoms with van der Waals surface area (Å²) in [6.45, 7) is 4.01. The van der Waals surface area contributed by atoms with Crippen LogP contribution in [0.5, 0.6) is 0 Å². The number of hydrogen-bond donors (Lipinski definition) is 1. The Morgan fingerprint density at radius 2 is 2.06 bits per heavy atom. The van der Waals surface area contributed by atoms with Gasteiger partial charge in [-0.25, -0.2) is 0 Å². The van der Waals surface area contributed by atoms with Crippen LogP contribution in [0.2, 0.25) is 0 Å². The second kappa shape index (κ2) is 4.81. The maximum atomic E-state index is 12.4. The van der Waals surface area contributed by atoms with E-state index in [1.807, 2.05) is 29.2 Å². The van der Waals surface area contributed by atoms with Crippen molar-refractivity contribution in [1.82, 2.24) is 10.2 Å². The fraction of sp³-hybridized carbons (Fsp3) is 0.500. The van der Waals surface area contributed by atoms with E-state index in [2.05, 4.69) is 27.9 Å². The van der Waals surface area contributed by atoms with Crippen molar-refractivity contribution in [3.63, 3.8) is 0 Å². The van der Waals surface area contributed by atoms with Gasteiger partial charge in [0.25, 0.3) is 5.91 Å². The maximum absolute atomic E-state index is 12.4. The summed E-state index contributed by atoms with van der Waals surface area (Å²) in [5, 5.41) is 3.42. The molecule has 2 fully saturated rings. The second-order valence-corrected chi connectivity index (χ2v) is 6.66. The molecule has 1 N–H and O–H groups in total.